The van der Waals surface area contributed by atoms with Crippen LogP contribution in [0.2, 0.25) is 0 Å². The number of nitrogens with zero attached hydrogens (tertiary/aromatic N) is 2. The van der Waals surface area contributed by atoms with Crippen molar-refractivity contribution in [1.82, 2.24) is 14.8 Å². The quantitative estimate of drug-likeness (QED) is 0.555. The van der Waals surface area contributed by atoms with Crippen LogP contribution in [0, 0.1) is 20.8 Å². The first kappa shape index (κ1) is 13.3. The zero-order valence-electron chi connectivity index (χ0n) is 12.8. The minimum absolute atomic E-state index is 1.04. The molecule has 0 atom stereocenters. The largest absolute Gasteiger partial charge is 0.352 e. The van der Waals surface area contributed by atoms with E-state index in [1.807, 2.05) is 6.92 Å². The van der Waals surface area contributed by atoms with Crippen LogP contribution in [0.15, 0.2) is 41.8 Å². The summed E-state index contributed by atoms with van der Waals surface area (Å²) in [5, 5.41) is 8.03. The van der Waals surface area contributed by atoms with Crippen LogP contribution < -0.4 is 0 Å². The molecule has 0 aliphatic carbocycles. The van der Waals surface area contributed by atoms with Crippen molar-refractivity contribution < 1.29 is 0 Å². The lowest BCUT2D eigenvalue weighted by atomic mass is 10.1. The second kappa shape index (κ2) is 4.85. The van der Waals surface area contributed by atoms with Crippen molar-refractivity contribution >= 4 is 22.2 Å². The molecule has 0 aliphatic heterocycles. The fourth-order valence-electron chi connectivity index (χ4n) is 2.97. The van der Waals surface area contributed by atoms with Crippen molar-refractivity contribution in [1.29, 1.82) is 0 Å². The minimum Gasteiger partial charge on any atom is -0.352 e. The summed E-state index contributed by atoms with van der Waals surface area (Å²) in [6.45, 7) is 6.27. The first-order valence-electron chi connectivity index (χ1n) is 7.33. The van der Waals surface area contributed by atoms with Crippen molar-refractivity contribution in [3.63, 3.8) is 0 Å². The van der Waals surface area contributed by atoms with Gasteiger partial charge in [0.15, 0.2) is 0 Å². The lowest BCUT2D eigenvalue weighted by Crippen LogP contribution is -2.00. The van der Waals surface area contributed by atoms with E-state index in [2.05, 4.69) is 65.3 Å². The smallest absolute Gasteiger partial charge is 0.0991 e. The number of hydrogen-bond acceptors (Lipinski definition) is 2. The van der Waals surface area contributed by atoms with Crippen LogP contribution in [0.3, 0.4) is 0 Å². The molecular formula is C18H17N3S. The average molecular weight is 307 g/mol. The summed E-state index contributed by atoms with van der Waals surface area (Å²) in [6.07, 6.45) is 0. The molecule has 0 saturated heterocycles. The van der Waals surface area contributed by atoms with E-state index in [0.29, 0.717) is 0 Å². The lowest BCUT2D eigenvalue weighted by Gasteiger charge is -2.06. The Morgan fingerprint density at radius 2 is 1.95 bits per heavy atom. The first-order chi connectivity index (χ1) is 10.6. The molecule has 0 amide bonds. The number of aromatic nitrogens is 3. The van der Waals surface area contributed by atoms with Gasteiger partial charge >= 0.3 is 0 Å². The second-order valence-electron chi connectivity index (χ2n) is 5.71. The zero-order chi connectivity index (χ0) is 15.3. The molecule has 4 rings (SSSR count). The fraction of sp³-hybridized carbons (Fsp3) is 0.167. The van der Waals surface area contributed by atoms with E-state index in [4.69, 9.17) is 5.10 Å². The highest BCUT2D eigenvalue weighted by molar-refractivity contribution is 7.13. The Labute approximate surface area is 133 Å². The molecule has 3 aromatic heterocycles. The molecule has 3 heterocycles. The molecule has 1 aromatic carbocycles. The number of benzene rings is 1. The topological polar surface area (TPSA) is 33.6 Å². The molecular weight excluding hydrogens is 290 g/mol. The maximum atomic E-state index is 4.70. The van der Waals surface area contributed by atoms with E-state index in [-0.39, 0.29) is 0 Å². The predicted molar refractivity (Wildman–Crippen MR) is 92.9 cm³/mol. The van der Waals surface area contributed by atoms with Gasteiger partial charge < -0.3 is 4.98 Å². The van der Waals surface area contributed by atoms with Gasteiger partial charge in [-0.15, -0.1) is 11.3 Å². The van der Waals surface area contributed by atoms with Crippen LogP contribution in [-0.2, 0) is 0 Å². The van der Waals surface area contributed by atoms with E-state index in [1.165, 1.54) is 15.8 Å². The van der Waals surface area contributed by atoms with Crippen LogP contribution in [-0.4, -0.2) is 14.8 Å². The summed E-state index contributed by atoms with van der Waals surface area (Å²) in [6, 6.07) is 12.9. The normalized spacial score (nSPS) is 11.4. The molecule has 0 fully saturated rings. The standard InChI is InChI=1S/C18H17N3S/c1-11-6-7-15-14(9-11)18(21-13(3)10-12(2)20-21)17(19-15)16-5-4-8-22-16/h4-10,19H,1-3H3. The fourth-order valence-corrected chi connectivity index (χ4v) is 3.69. The van der Waals surface area contributed by atoms with E-state index < -0.39 is 0 Å². The molecule has 0 saturated carbocycles. The van der Waals surface area contributed by atoms with Crippen molar-refractivity contribution in [2.45, 2.75) is 20.8 Å². The minimum atomic E-state index is 1.04. The Bertz CT molecular complexity index is 958. The van der Waals surface area contributed by atoms with Crippen LogP contribution in [0.1, 0.15) is 17.0 Å². The summed E-state index contributed by atoms with van der Waals surface area (Å²) < 4.78 is 2.06. The molecule has 4 heteroatoms. The first-order valence-corrected chi connectivity index (χ1v) is 8.21. The van der Waals surface area contributed by atoms with Crippen molar-refractivity contribution in [3.05, 3.63) is 58.7 Å². The number of nitrogens with one attached hydrogen (secondary N) is 1. The number of hydrogen-bond donors (Lipinski definition) is 1. The van der Waals surface area contributed by atoms with Gasteiger partial charge in [0.25, 0.3) is 0 Å². The van der Waals surface area contributed by atoms with E-state index in [1.54, 1.807) is 11.3 Å². The number of rotatable bonds is 2. The molecule has 4 aromatic rings. The lowest BCUT2D eigenvalue weighted by molar-refractivity contribution is 0.841. The van der Waals surface area contributed by atoms with Gasteiger partial charge in [0, 0.05) is 16.6 Å². The Kier molecular flexibility index (Phi) is 2.94. The van der Waals surface area contributed by atoms with Gasteiger partial charge in [0.2, 0.25) is 0 Å². The van der Waals surface area contributed by atoms with Gasteiger partial charge in [-0.05, 0) is 50.4 Å². The molecule has 0 unspecified atom stereocenters. The third-order valence-electron chi connectivity index (χ3n) is 3.92. The van der Waals surface area contributed by atoms with Gasteiger partial charge in [0.05, 0.1) is 22.0 Å². The summed E-state index contributed by atoms with van der Waals surface area (Å²) in [5.74, 6) is 0. The van der Waals surface area contributed by atoms with Gasteiger partial charge in [-0.1, -0.05) is 17.7 Å². The summed E-state index contributed by atoms with van der Waals surface area (Å²) in [4.78, 5) is 4.81. The molecule has 3 nitrogen and oxygen atoms in total. The van der Waals surface area contributed by atoms with Crippen LogP contribution in [0.5, 0.6) is 0 Å². The Morgan fingerprint density at radius 1 is 1.09 bits per heavy atom. The zero-order valence-corrected chi connectivity index (χ0v) is 13.7. The number of thiophene rings is 1. The van der Waals surface area contributed by atoms with Crippen molar-refractivity contribution in [2.75, 3.05) is 0 Å². The molecule has 0 spiro atoms. The summed E-state index contributed by atoms with van der Waals surface area (Å²) in [7, 11) is 0. The number of aryl methyl sites for hydroxylation is 3. The molecule has 0 bridgehead atoms. The highest BCUT2D eigenvalue weighted by atomic mass is 32.1. The van der Waals surface area contributed by atoms with E-state index in [9.17, 15) is 0 Å². The Hall–Kier alpha value is -2.33. The van der Waals surface area contributed by atoms with Crippen molar-refractivity contribution in [2.24, 2.45) is 0 Å². The maximum absolute atomic E-state index is 4.70. The predicted octanol–water partition coefficient (Wildman–Crippen LogP) is 5.01. The molecule has 0 aliphatic rings. The highest BCUT2D eigenvalue weighted by Crippen LogP contribution is 2.36. The summed E-state index contributed by atoms with van der Waals surface area (Å²) >= 11 is 1.74. The molecule has 110 valence electrons. The highest BCUT2D eigenvalue weighted by Gasteiger charge is 2.18. The van der Waals surface area contributed by atoms with Gasteiger partial charge in [-0.25, -0.2) is 4.68 Å². The average Bonchev–Trinajstić information content (AvgIpc) is 3.17. The third-order valence-corrected chi connectivity index (χ3v) is 4.80. The number of H-pyrrole nitrogens is 1. The molecule has 22 heavy (non-hydrogen) atoms. The third kappa shape index (κ3) is 1.99. The van der Waals surface area contributed by atoms with E-state index in [0.717, 1.165) is 28.3 Å². The van der Waals surface area contributed by atoms with Gasteiger partial charge in [-0.3, -0.25) is 0 Å². The maximum Gasteiger partial charge on any atom is 0.0991 e. The molecule has 0 radical (unpaired) electrons. The number of aromatic amines is 1. The molecule has 1 N–H and O–H groups in total. The van der Waals surface area contributed by atoms with Crippen LogP contribution >= 0.6 is 11.3 Å². The summed E-state index contributed by atoms with van der Waals surface area (Å²) in [5.41, 5.74) is 6.88. The van der Waals surface area contributed by atoms with Crippen molar-refractivity contribution in [3.8, 4) is 16.3 Å². The van der Waals surface area contributed by atoms with E-state index >= 15 is 0 Å². The van der Waals surface area contributed by atoms with Crippen LogP contribution in [0.4, 0.5) is 0 Å². The monoisotopic (exact) mass is 307 g/mol. The second-order valence-corrected chi connectivity index (χ2v) is 6.66. The van der Waals surface area contributed by atoms with Gasteiger partial charge in [0.1, 0.15) is 0 Å². The van der Waals surface area contributed by atoms with Crippen LogP contribution in [0.25, 0.3) is 27.2 Å². The Morgan fingerprint density at radius 3 is 2.64 bits per heavy atom. The SMILES string of the molecule is Cc1ccc2[nH]c(-c3cccs3)c(-n3nc(C)cc3C)c2c1. The Balaban J connectivity index is 2.11. The number of fused-ring (bicyclic) bond motifs is 1. The van der Waals surface area contributed by atoms with Gasteiger partial charge in [-0.2, -0.15) is 5.10 Å².